The Morgan fingerprint density at radius 3 is 2.24 bits per heavy atom. The third-order valence-corrected chi connectivity index (χ3v) is 10.7. The summed E-state index contributed by atoms with van der Waals surface area (Å²) >= 11 is 7.03. The molecule has 0 saturated heterocycles. The number of benzene rings is 2. The molecular formula is C29H31N8S4+3. The van der Waals surface area contributed by atoms with Gasteiger partial charge in [-0.2, -0.15) is 0 Å². The van der Waals surface area contributed by atoms with Crippen LogP contribution in [-0.4, -0.2) is 25.0 Å². The fraction of sp³-hybridized carbons (Fsp3) is 0.138. The van der Waals surface area contributed by atoms with Crippen molar-refractivity contribution < 1.29 is 14.6 Å². The molecule has 5 aromatic rings. The number of anilines is 1. The number of aromatic nitrogens is 1. The van der Waals surface area contributed by atoms with Crippen molar-refractivity contribution in [1.82, 2.24) is 0 Å². The van der Waals surface area contributed by atoms with E-state index < -0.39 is 0 Å². The van der Waals surface area contributed by atoms with Crippen molar-refractivity contribution in [1.29, 1.82) is 0 Å². The van der Waals surface area contributed by atoms with Crippen LogP contribution in [0.1, 0.15) is 11.4 Å². The molecule has 0 fully saturated rings. The van der Waals surface area contributed by atoms with Crippen LogP contribution in [0.3, 0.4) is 0 Å². The van der Waals surface area contributed by atoms with Gasteiger partial charge in [0.05, 0.1) is 23.3 Å². The molecule has 0 amide bonds. The summed E-state index contributed by atoms with van der Waals surface area (Å²) < 4.78 is 3.44. The van der Waals surface area contributed by atoms with Crippen LogP contribution in [0.2, 0.25) is 0 Å². The van der Waals surface area contributed by atoms with E-state index in [1.54, 1.807) is 45.8 Å². The number of thiophene rings is 2. The number of hydrogen-bond donors (Lipinski definition) is 6. The van der Waals surface area contributed by atoms with Gasteiger partial charge in [0.15, 0.2) is 0 Å². The zero-order chi connectivity index (χ0) is 28.3. The number of hydrogen-bond acceptors (Lipinski definition) is 5. The minimum atomic E-state index is 0.193. The third-order valence-electron chi connectivity index (χ3n) is 6.65. The fourth-order valence-electron chi connectivity index (χ4n) is 4.75. The van der Waals surface area contributed by atoms with Crippen molar-refractivity contribution in [2.45, 2.75) is 18.0 Å². The van der Waals surface area contributed by atoms with Crippen LogP contribution < -0.4 is 42.4 Å². The SMILES string of the molecule is NC(N)=[NH+]CCCN1C(=Cc2sc3ccc(-c4cccs4)cc3[n+]2C[NH+]=C(N)N)Sc2ccc(-c3cccs3)cc21. The first-order chi connectivity index (χ1) is 20.0. The van der Waals surface area contributed by atoms with Gasteiger partial charge < -0.3 is 4.90 Å². The Morgan fingerprint density at radius 1 is 0.854 bits per heavy atom. The van der Waals surface area contributed by atoms with Gasteiger partial charge in [0.2, 0.25) is 5.52 Å². The number of nitrogens with two attached hydrogens (primary N) is 4. The highest BCUT2D eigenvalue weighted by atomic mass is 32.2. The van der Waals surface area contributed by atoms with Crippen LogP contribution in [0.25, 0.3) is 37.2 Å². The molecule has 3 aromatic heterocycles. The first-order valence-corrected chi connectivity index (χ1v) is 16.4. The lowest BCUT2D eigenvalue weighted by molar-refractivity contribution is -0.819. The Morgan fingerprint density at radius 2 is 1.56 bits per heavy atom. The summed E-state index contributed by atoms with van der Waals surface area (Å²) in [5.41, 5.74) is 27.7. The molecule has 0 spiro atoms. The van der Waals surface area contributed by atoms with Gasteiger partial charge in [0, 0.05) is 27.3 Å². The molecule has 0 saturated carbocycles. The normalized spacial score (nSPS) is 13.6. The summed E-state index contributed by atoms with van der Waals surface area (Å²) in [7, 11) is 0. The van der Waals surface area contributed by atoms with E-state index in [0.717, 1.165) is 28.5 Å². The lowest BCUT2D eigenvalue weighted by Gasteiger charge is -2.20. The number of thiazole rings is 1. The Balaban J connectivity index is 1.42. The minimum absolute atomic E-state index is 0.193. The molecule has 208 valence electrons. The molecule has 10 N–H and O–H groups in total. The fourth-order valence-corrected chi connectivity index (χ4v) is 8.46. The van der Waals surface area contributed by atoms with Gasteiger partial charge in [-0.05, 0) is 58.6 Å². The summed E-state index contributed by atoms with van der Waals surface area (Å²) in [5.74, 6) is 0.437. The molecule has 12 heteroatoms. The van der Waals surface area contributed by atoms with E-state index in [0.29, 0.717) is 13.2 Å². The highest BCUT2D eigenvalue weighted by molar-refractivity contribution is 8.03. The molecule has 41 heavy (non-hydrogen) atoms. The van der Waals surface area contributed by atoms with Crippen LogP contribution in [0, 0.1) is 0 Å². The van der Waals surface area contributed by atoms with E-state index >= 15 is 0 Å². The number of rotatable bonds is 9. The number of thioether (sulfide) groups is 1. The van der Waals surface area contributed by atoms with E-state index in [1.165, 1.54) is 36.2 Å². The van der Waals surface area contributed by atoms with Crippen LogP contribution in [0.5, 0.6) is 0 Å². The summed E-state index contributed by atoms with van der Waals surface area (Å²) in [4.78, 5) is 12.3. The maximum atomic E-state index is 5.82. The molecule has 1 aliphatic heterocycles. The van der Waals surface area contributed by atoms with Crippen LogP contribution >= 0.6 is 45.8 Å². The topological polar surface area (TPSA) is 139 Å². The lowest BCUT2D eigenvalue weighted by atomic mass is 10.1. The maximum absolute atomic E-state index is 5.82. The molecule has 6 rings (SSSR count). The van der Waals surface area contributed by atoms with Crippen molar-refractivity contribution in [3.8, 4) is 20.9 Å². The summed E-state index contributed by atoms with van der Waals surface area (Å²) in [6.45, 7) is 1.97. The summed E-state index contributed by atoms with van der Waals surface area (Å²) in [6, 6.07) is 21.8. The molecule has 0 unspecified atom stereocenters. The monoisotopic (exact) mass is 619 g/mol. The van der Waals surface area contributed by atoms with Gasteiger partial charge in [-0.15, -0.1) is 27.2 Å². The van der Waals surface area contributed by atoms with E-state index in [1.807, 2.05) is 0 Å². The Kier molecular flexibility index (Phi) is 7.97. The second-order valence-corrected chi connectivity index (χ2v) is 13.5. The molecule has 8 nitrogen and oxygen atoms in total. The van der Waals surface area contributed by atoms with Gasteiger partial charge in [0.1, 0.15) is 4.70 Å². The zero-order valence-corrected chi connectivity index (χ0v) is 25.4. The second kappa shape index (κ2) is 12.0. The molecule has 4 heterocycles. The van der Waals surface area contributed by atoms with Gasteiger partial charge in [-0.25, -0.2) is 4.99 Å². The minimum Gasteiger partial charge on any atom is -0.335 e. The number of guanidine groups is 2. The molecule has 0 bridgehead atoms. The van der Waals surface area contributed by atoms with Crippen LogP contribution in [-0.2, 0) is 6.67 Å². The van der Waals surface area contributed by atoms with E-state index in [9.17, 15) is 0 Å². The Hall–Kier alpha value is -3.84. The summed E-state index contributed by atoms with van der Waals surface area (Å²) in [5, 5.41) is 6.49. The lowest BCUT2D eigenvalue weighted by Crippen LogP contribution is -2.82. The molecule has 2 aromatic carbocycles. The molecular weight excluding hydrogens is 589 g/mol. The van der Waals surface area contributed by atoms with Gasteiger partial charge in [-0.1, -0.05) is 47.4 Å². The quantitative estimate of drug-likeness (QED) is 0.0642. The molecule has 1 aliphatic rings. The van der Waals surface area contributed by atoms with Gasteiger partial charge >= 0.3 is 11.9 Å². The van der Waals surface area contributed by atoms with Crippen LogP contribution in [0.4, 0.5) is 5.69 Å². The van der Waals surface area contributed by atoms with E-state index in [2.05, 4.69) is 97.0 Å². The van der Waals surface area contributed by atoms with Crippen molar-refractivity contribution in [3.05, 3.63) is 81.5 Å². The Labute approximate surface area is 254 Å². The summed E-state index contributed by atoms with van der Waals surface area (Å²) in [6.07, 6.45) is 3.14. The largest absolute Gasteiger partial charge is 0.343 e. The maximum Gasteiger partial charge on any atom is 0.343 e. The van der Waals surface area contributed by atoms with Gasteiger partial charge in [0.25, 0.3) is 11.7 Å². The average Bonchev–Trinajstić information content (AvgIpc) is 3.76. The first kappa shape index (κ1) is 27.3. The molecule has 0 radical (unpaired) electrons. The number of nitrogens with one attached hydrogen (secondary N) is 2. The highest BCUT2D eigenvalue weighted by Crippen LogP contribution is 2.48. The van der Waals surface area contributed by atoms with E-state index in [-0.39, 0.29) is 11.9 Å². The second-order valence-electron chi connectivity index (χ2n) is 9.45. The number of fused-ring (bicyclic) bond motifs is 2. The number of nitrogens with zero attached hydrogens (tertiary/aromatic N) is 2. The standard InChI is InChI=1S/C29H29N8S4/c30-28(31)34-10-3-11-36-20-14-18(22-4-1-12-38-22)6-8-24(20)40-26(36)16-27-37(17-35-29(32)33)21-15-19(7-9-25(21)41-27)23-5-2-13-39-23/h1-2,4-9,12-16H,3,10-11,17H2,(H4,30,31,34)(H4,32,33,35)/q+1/p+2. The predicted molar refractivity (Wildman–Crippen MR) is 174 cm³/mol. The average molecular weight is 620 g/mol. The van der Waals surface area contributed by atoms with Crippen molar-refractivity contribution in [3.63, 3.8) is 0 Å². The molecule has 0 atom stereocenters. The zero-order valence-electron chi connectivity index (χ0n) is 22.2. The van der Waals surface area contributed by atoms with E-state index in [4.69, 9.17) is 22.9 Å². The van der Waals surface area contributed by atoms with Crippen molar-refractivity contribution in [2.75, 3.05) is 18.0 Å². The van der Waals surface area contributed by atoms with Crippen LogP contribution in [0.15, 0.2) is 81.3 Å². The highest BCUT2D eigenvalue weighted by Gasteiger charge is 2.29. The first-order valence-electron chi connectivity index (χ1n) is 13.0. The van der Waals surface area contributed by atoms with Crippen molar-refractivity contribution >= 4 is 79.7 Å². The van der Waals surface area contributed by atoms with Gasteiger partial charge in [-0.3, -0.25) is 27.9 Å². The smallest absolute Gasteiger partial charge is 0.335 e. The molecule has 0 aliphatic carbocycles. The Bertz CT molecular complexity index is 1760. The third kappa shape index (κ3) is 5.96. The van der Waals surface area contributed by atoms with Crippen molar-refractivity contribution in [2.24, 2.45) is 22.9 Å². The predicted octanol–water partition coefficient (Wildman–Crippen LogP) is 1.61.